The molecule has 0 fully saturated rings. The molecular weight excluding hydrogens is 442 g/mol. The second kappa shape index (κ2) is 9.65. The van der Waals surface area contributed by atoms with E-state index in [1.165, 1.54) is 30.6 Å². The molecule has 0 aliphatic rings. The molecule has 2 N–H and O–H groups in total. The molecule has 0 bridgehead atoms. The average molecular weight is 464 g/mol. The van der Waals surface area contributed by atoms with Gasteiger partial charge >= 0.3 is 6.03 Å². The number of hydrogen-bond acceptors (Lipinski definition) is 5. The van der Waals surface area contributed by atoms with E-state index >= 15 is 0 Å². The van der Waals surface area contributed by atoms with Crippen LogP contribution in [0.15, 0.2) is 61.3 Å². The number of amides is 2. The quantitative estimate of drug-likeness (QED) is 0.381. The van der Waals surface area contributed by atoms with Crippen LogP contribution in [0.2, 0.25) is 0 Å². The maximum Gasteiger partial charge on any atom is 0.323 e. The standard InChI is InChI=1S/C24H22F2N6O2/c1-14(2)15-8-17(12-27-10-15)30-24(33)31-19-4-5-21(23(26)22(19)25)34-18-6-7-28-20(9-18)16-11-29-32(3)13-16/h4-14H,1-3H3,(H2,30,31,33). The van der Waals surface area contributed by atoms with Gasteiger partial charge in [0.15, 0.2) is 11.6 Å². The van der Waals surface area contributed by atoms with E-state index in [-0.39, 0.29) is 23.1 Å². The number of anilines is 2. The summed E-state index contributed by atoms with van der Waals surface area (Å²) in [4.78, 5) is 20.6. The number of pyridine rings is 2. The smallest absolute Gasteiger partial charge is 0.323 e. The molecule has 0 unspecified atom stereocenters. The molecule has 10 heteroatoms. The van der Waals surface area contributed by atoms with E-state index in [1.54, 1.807) is 42.5 Å². The lowest BCUT2D eigenvalue weighted by atomic mass is 10.1. The van der Waals surface area contributed by atoms with Crippen LogP contribution >= 0.6 is 0 Å². The van der Waals surface area contributed by atoms with Crippen molar-refractivity contribution in [1.29, 1.82) is 0 Å². The number of rotatable bonds is 6. The molecule has 4 aromatic rings. The van der Waals surface area contributed by atoms with Crippen molar-refractivity contribution in [3.63, 3.8) is 0 Å². The summed E-state index contributed by atoms with van der Waals surface area (Å²) in [6, 6.07) is 6.60. The maximum atomic E-state index is 14.7. The van der Waals surface area contributed by atoms with Gasteiger partial charge < -0.3 is 15.4 Å². The summed E-state index contributed by atoms with van der Waals surface area (Å²) < 4.78 is 36.5. The Kier molecular flexibility index (Phi) is 6.48. The third-order valence-electron chi connectivity index (χ3n) is 4.94. The highest BCUT2D eigenvalue weighted by atomic mass is 19.2. The van der Waals surface area contributed by atoms with E-state index < -0.39 is 17.7 Å². The van der Waals surface area contributed by atoms with Crippen molar-refractivity contribution in [3.8, 4) is 22.8 Å². The predicted molar refractivity (Wildman–Crippen MR) is 124 cm³/mol. The molecule has 0 atom stereocenters. The molecule has 0 aliphatic heterocycles. The SMILES string of the molecule is CC(C)c1cncc(NC(=O)Nc2ccc(Oc3ccnc(-c4cnn(C)c4)c3)c(F)c2F)c1. The first-order valence-corrected chi connectivity index (χ1v) is 10.4. The zero-order valence-corrected chi connectivity index (χ0v) is 18.7. The Morgan fingerprint density at radius 3 is 2.62 bits per heavy atom. The summed E-state index contributed by atoms with van der Waals surface area (Å²) in [5, 5.41) is 8.96. The fourth-order valence-corrected chi connectivity index (χ4v) is 3.15. The van der Waals surface area contributed by atoms with E-state index in [2.05, 4.69) is 25.7 Å². The highest BCUT2D eigenvalue weighted by molar-refractivity contribution is 5.99. The number of carbonyl (C=O) groups is 1. The van der Waals surface area contributed by atoms with Crippen LogP contribution in [0.4, 0.5) is 25.0 Å². The van der Waals surface area contributed by atoms with Gasteiger partial charge in [-0.15, -0.1) is 0 Å². The Labute approximate surface area is 194 Å². The van der Waals surface area contributed by atoms with Gasteiger partial charge in [0.1, 0.15) is 5.75 Å². The van der Waals surface area contributed by atoms with Crippen molar-refractivity contribution in [2.75, 3.05) is 10.6 Å². The molecule has 2 amide bonds. The summed E-state index contributed by atoms with van der Waals surface area (Å²) >= 11 is 0. The number of aryl methyl sites for hydroxylation is 1. The molecule has 0 saturated heterocycles. The van der Waals surface area contributed by atoms with Gasteiger partial charge in [0.2, 0.25) is 5.82 Å². The number of aromatic nitrogens is 4. The van der Waals surface area contributed by atoms with Gasteiger partial charge in [0.05, 0.1) is 29.5 Å². The van der Waals surface area contributed by atoms with Gasteiger partial charge in [0.25, 0.3) is 0 Å². The third-order valence-corrected chi connectivity index (χ3v) is 4.94. The summed E-state index contributed by atoms with van der Waals surface area (Å²) in [5.74, 6) is -2.33. The molecule has 1 aromatic carbocycles. The van der Waals surface area contributed by atoms with Gasteiger partial charge in [-0.2, -0.15) is 9.49 Å². The van der Waals surface area contributed by atoms with Gasteiger partial charge in [-0.3, -0.25) is 14.6 Å². The lowest BCUT2D eigenvalue weighted by molar-refractivity contribution is 0.262. The van der Waals surface area contributed by atoms with Gasteiger partial charge in [-0.1, -0.05) is 13.8 Å². The topological polar surface area (TPSA) is 94.0 Å². The van der Waals surface area contributed by atoms with Crippen molar-refractivity contribution in [2.24, 2.45) is 7.05 Å². The van der Waals surface area contributed by atoms with Gasteiger partial charge in [0, 0.05) is 37.3 Å². The van der Waals surface area contributed by atoms with Crippen LogP contribution in [-0.2, 0) is 7.05 Å². The third kappa shape index (κ3) is 5.17. The summed E-state index contributed by atoms with van der Waals surface area (Å²) in [5.41, 5.74) is 2.35. The van der Waals surface area contributed by atoms with Crippen LogP contribution in [-0.4, -0.2) is 25.8 Å². The molecule has 0 spiro atoms. The second-order valence-electron chi connectivity index (χ2n) is 7.86. The Morgan fingerprint density at radius 2 is 1.88 bits per heavy atom. The molecule has 8 nitrogen and oxygen atoms in total. The van der Waals surface area contributed by atoms with Gasteiger partial charge in [-0.05, 0) is 35.7 Å². The van der Waals surface area contributed by atoms with E-state index in [9.17, 15) is 13.6 Å². The number of urea groups is 1. The number of ether oxygens (including phenoxy) is 1. The maximum absolute atomic E-state index is 14.7. The predicted octanol–water partition coefficient (Wildman–Crippen LogP) is 5.72. The van der Waals surface area contributed by atoms with E-state index in [4.69, 9.17) is 4.74 Å². The van der Waals surface area contributed by atoms with Crippen LogP contribution in [0, 0.1) is 11.6 Å². The van der Waals surface area contributed by atoms with Crippen LogP contribution in [0.5, 0.6) is 11.5 Å². The van der Waals surface area contributed by atoms with Crippen LogP contribution in [0.25, 0.3) is 11.3 Å². The zero-order chi connectivity index (χ0) is 24.2. The van der Waals surface area contributed by atoms with Crippen molar-refractivity contribution in [2.45, 2.75) is 19.8 Å². The minimum Gasteiger partial charge on any atom is -0.454 e. The van der Waals surface area contributed by atoms with Gasteiger partial charge in [-0.25, -0.2) is 9.18 Å². The molecule has 3 aromatic heterocycles. The Bertz CT molecular complexity index is 1340. The summed E-state index contributed by atoms with van der Waals surface area (Å²) in [6.45, 7) is 3.99. The normalized spacial score (nSPS) is 10.9. The molecule has 174 valence electrons. The minimum absolute atomic E-state index is 0.220. The number of nitrogens with zero attached hydrogens (tertiary/aromatic N) is 4. The first-order chi connectivity index (χ1) is 16.3. The monoisotopic (exact) mass is 464 g/mol. The molecule has 34 heavy (non-hydrogen) atoms. The van der Waals surface area contributed by atoms with Crippen LogP contribution in [0.3, 0.4) is 0 Å². The molecule has 0 aliphatic carbocycles. The number of halogens is 2. The van der Waals surface area contributed by atoms with Crippen LogP contribution < -0.4 is 15.4 Å². The number of carbonyl (C=O) groups excluding carboxylic acids is 1. The fourth-order valence-electron chi connectivity index (χ4n) is 3.15. The lowest BCUT2D eigenvalue weighted by Gasteiger charge is -2.12. The second-order valence-corrected chi connectivity index (χ2v) is 7.86. The highest BCUT2D eigenvalue weighted by Gasteiger charge is 2.17. The first kappa shape index (κ1) is 22.8. The fraction of sp³-hybridized carbons (Fsp3) is 0.167. The average Bonchev–Trinajstić information content (AvgIpc) is 3.25. The number of hydrogen-bond donors (Lipinski definition) is 2. The minimum atomic E-state index is -1.25. The van der Waals surface area contributed by atoms with E-state index in [0.29, 0.717) is 11.4 Å². The zero-order valence-electron chi connectivity index (χ0n) is 18.7. The Balaban J connectivity index is 1.47. The van der Waals surface area contributed by atoms with Crippen molar-refractivity contribution >= 4 is 17.4 Å². The lowest BCUT2D eigenvalue weighted by Crippen LogP contribution is -2.20. The highest BCUT2D eigenvalue weighted by Crippen LogP contribution is 2.31. The van der Waals surface area contributed by atoms with E-state index in [1.807, 2.05) is 13.8 Å². The summed E-state index contributed by atoms with van der Waals surface area (Å²) in [6.07, 6.45) is 8.06. The molecule has 0 saturated carbocycles. The number of benzene rings is 1. The van der Waals surface area contributed by atoms with E-state index in [0.717, 1.165) is 11.1 Å². The van der Waals surface area contributed by atoms with Crippen molar-refractivity contribution in [3.05, 3.63) is 78.5 Å². The van der Waals surface area contributed by atoms with Crippen molar-refractivity contribution < 1.29 is 18.3 Å². The van der Waals surface area contributed by atoms with Crippen molar-refractivity contribution in [1.82, 2.24) is 19.7 Å². The first-order valence-electron chi connectivity index (χ1n) is 10.4. The Hall–Kier alpha value is -4.34. The summed E-state index contributed by atoms with van der Waals surface area (Å²) in [7, 11) is 1.78. The largest absolute Gasteiger partial charge is 0.454 e. The molecule has 3 heterocycles. The number of nitrogens with one attached hydrogen (secondary N) is 2. The van der Waals surface area contributed by atoms with Crippen LogP contribution in [0.1, 0.15) is 25.3 Å². The molecule has 4 rings (SSSR count). The molecular formula is C24H22F2N6O2. The Morgan fingerprint density at radius 1 is 1.06 bits per heavy atom. The molecule has 0 radical (unpaired) electrons.